The van der Waals surface area contributed by atoms with Crippen molar-refractivity contribution in [2.24, 2.45) is 0 Å². The van der Waals surface area contributed by atoms with Gasteiger partial charge in [0.1, 0.15) is 0 Å². The Morgan fingerprint density at radius 1 is 0.259 bits per heavy atom. The topological polar surface area (TPSA) is 64.5 Å². The maximum Gasteiger partial charge on any atom is 0.160 e. The zero-order chi connectivity index (χ0) is 36.1. The van der Waals surface area contributed by atoms with E-state index >= 15 is 0 Å². The molecule has 5 aromatic carbocycles. The number of nitrogens with zero attached hydrogens (tertiary/aromatic N) is 5. The fourth-order valence-corrected chi connectivity index (χ4v) is 6.70. The van der Waals surface area contributed by atoms with Crippen LogP contribution in [0.1, 0.15) is 0 Å². The minimum absolute atomic E-state index is 0.686. The second kappa shape index (κ2) is 14.7. The lowest BCUT2D eigenvalue weighted by molar-refractivity contribution is 1.18. The first-order chi connectivity index (χ1) is 26.7. The average molecular weight is 692 g/mol. The van der Waals surface area contributed by atoms with E-state index in [4.69, 9.17) is 19.9 Å². The summed E-state index contributed by atoms with van der Waals surface area (Å²) in [7, 11) is 0. The van der Waals surface area contributed by atoms with Crippen LogP contribution in [0.5, 0.6) is 0 Å². The van der Waals surface area contributed by atoms with E-state index in [-0.39, 0.29) is 0 Å². The van der Waals surface area contributed by atoms with Crippen LogP contribution in [-0.2, 0) is 0 Å². The first kappa shape index (κ1) is 32.5. The molecular weight excluding hydrogens is 659 g/mol. The van der Waals surface area contributed by atoms with Gasteiger partial charge in [0.15, 0.2) is 5.82 Å². The van der Waals surface area contributed by atoms with Gasteiger partial charge in [0.2, 0.25) is 0 Å². The van der Waals surface area contributed by atoms with Crippen molar-refractivity contribution in [2.45, 2.75) is 0 Å². The van der Waals surface area contributed by atoms with Crippen LogP contribution in [0.4, 0.5) is 0 Å². The molecule has 0 saturated heterocycles. The summed E-state index contributed by atoms with van der Waals surface area (Å²) in [4.78, 5) is 24.7. The zero-order valence-electron chi connectivity index (χ0n) is 29.3. The van der Waals surface area contributed by atoms with Crippen LogP contribution >= 0.6 is 0 Å². The summed E-state index contributed by atoms with van der Waals surface area (Å²) in [5.74, 6) is 0.686. The van der Waals surface area contributed by atoms with Crippen molar-refractivity contribution >= 4 is 0 Å². The Bertz CT molecular complexity index is 2560. The van der Waals surface area contributed by atoms with Gasteiger partial charge in [-0.25, -0.2) is 15.0 Å². The van der Waals surface area contributed by atoms with Gasteiger partial charge in [0.25, 0.3) is 0 Å². The molecule has 0 aliphatic heterocycles. The Balaban J connectivity index is 1.08. The Morgan fingerprint density at radius 3 is 1.48 bits per heavy atom. The predicted molar refractivity (Wildman–Crippen MR) is 219 cm³/mol. The zero-order valence-corrected chi connectivity index (χ0v) is 29.3. The van der Waals surface area contributed by atoms with Crippen LogP contribution in [0, 0.1) is 0 Å². The smallest absolute Gasteiger partial charge is 0.160 e. The molecule has 0 aliphatic carbocycles. The van der Waals surface area contributed by atoms with Gasteiger partial charge in [-0.1, -0.05) is 146 Å². The molecule has 0 spiro atoms. The van der Waals surface area contributed by atoms with Gasteiger partial charge >= 0.3 is 0 Å². The Morgan fingerprint density at radius 2 is 0.815 bits per heavy atom. The maximum absolute atomic E-state index is 5.12. The highest BCUT2D eigenvalue weighted by molar-refractivity contribution is 5.85. The summed E-state index contributed by atoms with van der Waals surface area (Å²) in [6.07, 6.45) is 3.63. The third kappa shape index (κ3) is 6.82. The molecule has 0 aliphatic rings. The fourth-order valence-electron chi connectivity index (χ4n) is 6.70. The van der Waals surface area contributed by atoms with E-state index in [1.807, 2.05) is 72.9 Å². The molecule has 54 heavy (non-hydrogen) atoms. The first-order valence-corrected chi connectivity index (χ1v) is 17.9. The molecule has 0 unspecified atom stereocenters. The van der Waals surface area contributed by atoms with Gasteiger partial charge in [0, 0.05) is 34.6 Å². The Labute approximate surface area is 314 Å². The standard InChI is InChI=1S/C49H33N5/c1-4-14-34(15-5-1)41-31-46(43-23-10-11-28-50-43)52-47(32-41)48-42(22-13-29-51-48)40-21-12-20-39(30-40)35-24-26-38(27-25-35)49-53-44(36-16-6-2-7-17-36)33-45(54-49)37-18-8-3-9-19-37/h1-33H. The minimum atomic E-state index is 0.686. The second-order valence-corrected chi connectivity index (χ2v) is 13.0. The molecule has 0 bridgehead atoms. The van der Waals surface area contributed by atoms with Gasteiger partial charge in [0.05, 0.1) is 34.2 Å². The fraction of sp³-hybridized carbons (Fsp3) is 0. The summed E-state index contributed by atoms with van der Waals surface area (Å²) in [5.41, 5.74) is 14.4. The highest BCUT2D eigenvalue weighted by atomic mass is 14.9. The summed E-state index contributed by atoms with van der Waals surface area (Å²) in [6.45, 7) is 0. The monoisotopic (exact) mass is 691 g/mol. The SMILES string of the molecule is c1ccc(-c2cc(-c3ccccn3)nc(-c3ncccc3-c3cccc(-c4ccc(-c5nc(-c6ccccc6)cc(-c6ccccc6)n5)cc4)c3)c2)cc1. The molecule has 0 radical (unpaired) electrons. The third-order valence-electron chi connectivity index (χ3n) is 9.43. The minimum Gasteiger partial charge on any atom is -0.255 e. The second-order valence-electron chi connectivity index (χ2n) is 13.0. The van der Waals surface area contributed by atoms with Gasteiger partial charge in [-0.05, 0) is 70.3 Å². The van der Waals surface area contributed by atoms with E-state index in [2.05, 4.69) is 126 Å². The number of benzene rings is 5. The number of pyridine rings is 3. The normalized spacial score (nSPS) is 11.0. The molecule has 9 aromatic rings. The van der Waals surface area contributed by atoms with E-state index < -0.39 is 0 Å². The third-order valence-corrected chi connectivity index (χ3v) is 9.43. The molecule has 0 amide bonds. The lowest BCUT2D eigenvalue weighted by Gasteiger charge is -2.13. The van der Waals surface area contributed by atoms with Crippen LogP contribution < -0.4 is 0 Å². The molecule has 5 heteroatoms. The molecule has 5 nitrogen and oxygen atoms in total. The largest absolute Gasteiger partial charge is 0.255 e. The summed E-state index contributed by atoms with van der Waals surface area (Å²) >= 11 is 0. The molecule has 0 fully saturated rings. The van der Waals surface area contributed by atoms with Crippen molar-refractivity contribution in [2.75, 3.05) is 0 Å². The van der Waals surface area contributed by atoms with E-state index in [0.717, 1.165) is 84.2 Å². The number of hydrogen-bond donors (Lipinski definition) is 0. The van der Waals surface area contributed by atoms with Crippen LogP contribution in [0.2, 0.25) is 0 Å². The first-order valence-electron chi connectivity index (χ1n) is 17.9. The van der Waals surface area contributed by atoms with Gasteiger partial charge in [-0.2, -0.15) is 0 Å². The van der Waals surface area contributed by atoms with E-state index in [9.17, 15) is 0 Å². The highest BCUT2D eigenvalue weighted by Gasteiger charge is 2.16. The van der Waals surface area contributed by atoms with Crippen molar-refractivity contribution < 1.29 is 0 Å². The van der Waals surface area contributed by atoms with Crippen molar-refractivity contribution in [1.82, 2.24) is 24.9 Å². The maximum atomic E-state index is 5.12. The van der Waals surface area contributed by atoms with E-state index in [0.29, 0.717) is 5.82 Å². The molecule has 4 heterocycles. The van der Waals surface area contributed by atoms with Crippen molar-refractivity contribution in [1.29, 1.82) is 0 Å². The molecule has 9 rings (SSSR count). The number of rotatable bonds is 8. The van der Waals surface area contributed by atoms with E-state index in [1.54, 1.807) is 6.20 Å². The summed E-state index contributed by atoms with van der Waals surface area (Å²) in [6, 6.07) is 64.2. The average Bonchev–Trinajstić information content (AvgIpc) is 3.27. The molecule has 0 atom stereocenters. The van der Waals surface area contributed by atoms with Gasteiger partial charge in [-0.15, -0.1) is 0 Å². The van der Waals surface area contributed by atoms with Crippen LogP contribution in [0.3, 0.4) is 0 Å². The van der Waals surface area contributed by atoms with Crippen LogP contribution in [-0.4, -0.2) is 24.9 Å². The predicted octanol–water partition coefficient (Wildman–Crippen LogP) is 12.0. The van der Waals surface area contributed by atoms with Gasteiger partial charge in [-0.3, -0.25) is 9.97 Å². The molecule has 0 saturated carbocycles. The highest BCUT2D eigenvalue weighted by Crippen LogP contribution is 2.36. The number of aromatic nitrogens is 5. The lowest BCUT2D eigenvalue weighted by atomic mass is 9.95. The van der Waals surface area contributed by atoms with E-state index in [1.165, 1.54) is 0 Å². The van der Waals surface area contributed by atoms with Crippen LogP contribution in [0.25, 0.3) is 90.1 Å². The molecular formula is C49H33N5. The van der Waals surface area contributed by atoms with Crippen molar-refractivity contribution in [3.05, 3.63) is 200 Å². The summed E-state index contributed by atoms with van der Waals surface area (Å²) < 4.78 is 0. The molecule has 0 N–H and O–H groups in total. The van der Waals surface area contributed by atoms with Gasteiger partial charge < -0.3 is 0 Å². The summed E-state index contributed by atoms with van der Waals surface area (Å²) in [5, 5.41) is 0. The molecule has 4 aromatic heterocycles. The Hall–Kier alpha value is -7.37. The van der Waals surface area contributed by atoms with Crippen molar-refractivity contribution in [3.8, 4) is 90.1 Å². The number of hydrogen-bond acceptors (Lipinski definition) is 5. The lowest BCUT2D eigenvalue weighted by Crippen LogP contribution is -1.96. The van der Waals surface area contributed by atoms with Crippen molar-refractivity contribution in [3.63, 3.8) is 0 Å². The van der Waals surface area contributed by atoms with Crippen LogP contribution in [0.15, 0.2) is 200 Å². The quantitative estimate of drug-likeness (QED) is 0.159. The Kier molecular flexibility index (Phi) is 8.86. The molecule has 254 valence electrons.